The number of aromatic nitrogens is 3. The van der Waals surface area contributed by atoms with Crippen LogP contribution >= 0.6 is 0 Å². The first-order chi connectivity index (χ1) is 11.7. The van der Waals surface area contributed by atoms with E-state index in [1.54, 1.807) is 18.3 Å². The fourth-order valence-electron chi connectivity index (χ4n) is 2.78. The molecule has 0 aliphatic carbocycles. The number of ketones is 1. The minimum absolute atomic E-state index is 0.0728. The molecule has 1 aliphatic heterocycles. The van der Waals surface area contributed by atoms with Gasteiger partial charge in [0.25, 0.3) is 5.56 Å². The molecule has 0 bridgehead atoms. The Bertz CT molecular complexity index is 1070. The molecule has 0 saturated heterocycles. The minimum Gasteiger partial charge on any atom is -0.298 e. The average Bonchev–Trinajstić information content (AvgIpc) is 2.61. The predicted octanol–water partition coefficient (Wildman–Crippen LogP) is 1.71. The predicted molar refractivity (Wildman–Crippen MR) is 89.5 cm³/mol. The van der Waals surface area contributed by atoms with Crippen molar-refractivity contribution in [3.05, 3.63) is 70.0 Å². The standard InChI is InChI=1S/C19H13N3O2/c23-15-7-9-18-21-17-11-13(4-6-14-3-1-2-10-20-14)5-8-16(17)19(24)22(18)12-15/h1-3,5,8,10-11H,7,9,12H2. The maximum atomic E-state index is 12.5. The molecular formula is C19H13N3O2. The second-order valence-corrected chi connectivity index (χ2v) is 5.65. The van der Waals surface area contributed by atoms with Gasteiger partial charge in [0.15, 0.2) is 5.78 Å². The Kier molecular flexibility index (Phi) is 3.43. The Morgan fingerprint density at radius 2 is 1.96 bits per heavy atom. The molecule has 3 heterocycles. The van der Waals surface area contributed by atoms with Crippen LogP contribution in [0.2, 0.25) is 0 Å². The van der Waals surface area contributed by atoms with Crippen LogP contribution in [0.1, 0.15) is 23.5 Å². The number of rotatable bonds is 0. The Balaban J connectivity index is 1.79. The van der Waals surface area contributed by atoms with Crippen LogP contribution in [0.25, 0.3) is 10.9 Å². The van der Waals surface area contributed by atoms with Crippen molar-refractivity contribution in [3.8, 4) is 11.8 Å². The number of hydrogen-bond acceptors (Lipinski definition) is 4. The summed E-state index contributed by atoms with van der Waals surface area (Å²) in [4.78, 5) is 32.8. The van der Waals surface area contributed by atoms with Crippen molar-refractivity contribution in [2.24, 2.45) is 0 Å². The van der Waals surface area contributed by atoms with Crippen LogP contribution in [0.3, 0.4) is 0 Å². The number of nitrogens with zero attached hydrogens (tertiary/aromatic N) is 3. The first kappa shape index (κ1) is 14.3. The van der Waals surface area contributed by atoms with E-state index in [1.165, 1.54) is 4.57 Å². The lowest BCUT2D eigenvalue weighted by Gasteiger charge is -2.17. The lowest BCUT2D eigenvalue weighted by atomic mass is 10.1. The van der Waals surface area contributed by atoms with Crippen molar-refractivity contribution in [3.63, 3.8) is 0 Å². The van der Waals surface area contributed by atoms with Gasteiger partial charge in [-0.1, -0.05) is 12.0 Å². The molecule has 5 nitrogen and oxygen atoms in total. The van der Waals surface area contributed by atoms with Gasteiger partial charge in [-0.15, -0.1) is 0 Å². The molecule has 0 amide bonds. The van der Waals surface area contributed by atoms with Crippen molar-refractivity contribution in [1.29, 1.82) is 0 Å². The van der Waals surface area contributed by atoms with E-state index in [0.29, 0.717) is 35.3 Å². The van der Waals surface area contributed by atoms with Crippen molar-refractivity contribution < 1.29 is 4.79 Å². The van der Waals surface area contributed by atoms with Gasteiger partial charge < -0.3 is 0 Å². The van der Waals surface area contributed by atoms with Gasteiger partial charge in [0.1, 0.15) is 11.5 Å². The number of benzene rings is 1. The van der Waals surface area contributed by atoms with E-state index in [9.17, 15) is 9.59 Å². The van der Waals surface area contributed by atoms with Crippen molar-refractivity contribution >= 4 is 16.7 Å². The molecule has 0 radical (unpaired) electrons. The van der Waals surface area contributed by atoms with Crippen LogP contribution in [0, 0.1) is 11.8 Å². The summed E-state index contributed by atoms with van der Waals surface area (Å²) in [7, 11) is 0. The quantitative estimate of drug-likeness (QED) is 0.592. The normalized spacial score (nSPS) is 13.2. The maximum Gasteiger partial charge on any atom is 0.261 e. The van der Waals surface area contributed by atoms with Gasteiger partial charge in [-0.05, 0) is 36.3 Å². The third-order valence-corrected chi connectivity index (χ3v) is 4.00. The van der Waals surface area contributed by atoms with Gasteiger partial charge in [0.2, 0.25) is 0 Å². The summed E-state index contributed by atoms with van der Waals surface area (Å²) in [5.41, 5.74) is 1.92. The number of pyridine rings is 1. The van der Waals surface area contributed by atoms with Crippen LogP contribution in [-0.4, -0.2) is 20.3 Å². The molecule has 3 aromatic rings. The van der Waals surface area contributed by atoms with Gasteiger partial charge in [-0.2, -0.15) is 0 Å². The summed E-state index contributed by atoms with van der Waals surface area (Å²) in [6.45, 7) is 0.123. The highest BCUT2D eigenvalue weighted by molar-refractivity contribution is 5.82. The third-order valence-electron chi connectivity index (χ3n) is 4.00. The fraction of sp³-hybridized carbons (Fsp3) is 0.158. The SMILES string of the molecule is O=C1CCc2nc3cc(C#Cc4ccccn4)ccc3c(=O)n2C1. The fourth-order valence-corrected chi connectivity index (χ4v) is 2.78. The van der Waals surface area contributed by atoms with Gasteiger partial charge in [-0.3, -0.25) is 14.2 Å². The number of aryl methyl sites for hydroxylation is 1. The number of hydrogen-bond donors (Lipinski definition) is 0. The molecule has 4 rings (SSSR count). The largest absolute Gasteiger partial charge is 0.298 e. The average molecular weight is 315 g/mol. The van der Waals surface area contributed by atoms with Crippen LogP contribution in [-0.2, 0) is 17.8 Å². The lowest BCUT2D eigenvalue weighted by molar-refractivity contribution is -0.120. The Labute approximate surface area is 138 Å². The van der Waals surface area contributed by atoms with E-state index >= 15 is 0 Å². The first-order valence-electron chi connectivity index (χ1n) is 7.69. The van der Waals surface area contributed by atoms with Crippen LogP contribution in [0.15, 0.2) is 47.4 Å². The summed E-state index contributed by atoms with van der Waals surface area (Å²) in [5, 5.41) is 0.511. The van der Waals surface area contributed by atoms with E-state index < -0.39 is 0 Å². The molecule has 1 aromatic carbocycles. The van der Waals surface area contributed by atoms with Gasteiger partial charge in [0, 0.05) is 24.6 Å². The van der Waals surface area contributed by atoms with Gasteiger partial charge >= 0.3 is 0 Å². The molecule has 0 N–H and O–H groups in total. The molecular weight excluding hydrogens is 302 g/mol. The highest BCUT2D eigenvalue weighted by Gasteiger charge is 2.19. The van der Waals surface area contributed by atoms with E-state index in [1.807, 2.05) is 24.3 Å². The lowest BCUT2D eigenvalue weighted by Crippen LogP contribution is -2.32. The zero-order valence-electron chi connectivity index (χ0n) is 12.8. The Morgan fingerprint density at radius 3 is 2.79 bits per heavy atom. The zero-order chi connectivity index (χ0) is 16.5. The van der Waals surface area contributed by atoms with Crippen LogP contribution < -0.4 is 5.56 Å². The highest BCUT2D eigenvalue weighted by Crippen LogP contribution is 2.15. The number of Topliss-reactive ketones (excluding diaryl/α,β-unsaturated/α-hetero) is 1. The molecule has 0 unspecified atom stereocenters. The van der Waals surface area contributed by atoms with Gasteiger partial charge in [-0.25, -0.2) is 9.97 Å². The van der Waals surface area contributed by atoms with Crippen molar-refractivity contribution in [1.82, 2.24) is 14.5 Å². The molecule has 0 saturated carbocycles. The molecule has 0 fully saturated rings. The first-order valence-corrected chi connectivity index (χ1v) is 7.69. The Hall–Kier alpha value is -3.26. The number of carbonyl (C=O) groups excluding carboxylic acids is 1. The minimum atomic E-state index is -0.160. The zero-order valence-corrected chi connectivity index (χ0v) is 12.8. The smallest absolute Gasteiger partial charge is 0.261 e. The monoisotopic (exact) mass is 315 g/mol. The second kappa shape index (κ2) is 5.74. The summed E-state index contributed by atoms with van der Waals surface area (Å²) in [6, 6.07) is 10.9. The van der Waals surface area contributed by atoms with E-state index in [-0.39, 0.29) is 17.9 Å². The van der Waals surface area contributed by atoms with Crippen LogP contribution in [0.5, 0.6) is 0 Å². The number of carbonyl (C=O) groups is 1. The Morgan fingerprint density at radius 1 is 1.04 bits per heavy atom. The van der Waals surface area contributed by atoms with Crippen molar-refractivity contribution in [2.75, 3.05) is 0 Å². The van der Waals surface area contributed by atoms with Gasteiger partial charge in [0.05, 0.1) is 17.4 Å². The van der Waals surface area contributed by atoms with E-state index in [4.69, 9.17) is 0 Å². The molecule has 2 aromatic heterocycles. The van der Waals surface area contributed by atoms with Crippen molar-refractivity contribution in [2.45, 2.75) is 19.4 Å². The third kappa shape index (κ3) is 2.59. The molecule has 1 aliphatic rings. The second-order valence-electron chi connectivity index (χ2n) is 5.65. The summed E-state index contributed by atoms with van der Waals surface area (Å²) >= 11 is 0. The maximum absolute atomic E-state index is 12.5. The molecule has 0 atom stereocenters. The number of fused-ring (bicyclic) bond motifs is 2. The molecule has 24 heavy (non-hydrogen) atoms. The van der Waals surface area contributed by atoms with Crippen LogP contribution in [0.4, 0.5) is 0 Å². The topological polar surface area (TPSA) is 64.8 Å². The molecule has 5 heteroatoms. The summed E-state index contributed by atoms with van der Waals surface area (Å²) in [6.07, 6.45) is 2.64. The molecule has 0 spiro atoms. The summed E-state index contributed by atoms with van der Waals surface area (Å²) in [5.74, 6) is 6.78. The van der Waals surface area contributed by atoms with E-state index in [2.05, 4.69) is 21.8 Å². The summed E-state index contributed by atoms with van der Waals surface area (Å²) < 4.78 is 1.48. The van der Waals surface area contributed by atoms with E-state index in [0.717, 1.165) is 5.56 Å². The molecule has 116 valence electrons. The highest BCUT2D eigenvalue weighted by atomic mass is 16.1.